The average Bonchev–Trinajstić information content (AvgIpc) is 3.56. The van der Waals surface area contributed by atoms with Gasteiger partial charge < -0.3 is 9.88 Å². The second-order valence-corrected chi connectivity index (χ2v) is 13.7. The number of aromatic nitrogens is 1. The molecule has 1 unspecified atom stereocenters. The maximum atomic E-state index is 4.11. The van der Waals surface area contributed by atoms with Gasteiger partial charge in [0, 0.05) is 32.8 Å². The van der Waals surface area contributed by atoms with Crippen LogP contribution in [0.1, 0.15) is 17.3 Å². The van der Waals surface area contributed by atoms with Gasteiger partial charge in [0.2, 0.25) is 0 Å². The van der Waals surface area contributed by atoms with Crippen LogP contribution in [0.15, 0.2) is 182 Å². The van der Waals surface area contributed by atoms with E-state index in [2.05, 4.69) is 192 Å². The number of allylic oxidation sites excluding steroid dienone is 2. The van der Waals surface area contributed by atoms with Crippen molar-refractivity contribution >= 4 is 86.9 Å². The van der Waals surface area contributed by atoms with Crippen molar-refractivity contribution in [2.45, 2.75) is 6.17 Å². The molecule has 2 nitrogen and oxygen atoms in total. The number of nitrogens with one attached hydrogen (secondary N) is 1. The Balaban J connectivity index is 1.26. The zero-order valence-electron chi connectivity index (χ0n) is 27.8. The van der Waals surface area contributed by atoms with Crippen LogP contribution in [0.3, 0.4) is 0 Å². The molecule has 0 bridgehead atoms. The fourth-order valence-corrected chi connectivity index (χ4v) is 8.76. The molecule has 51 heavy (non-hydrogen) atoms. The molecule has 0 spiro atoms. The van der Waals surface area contributed by atoms with E-state index in [0.717, 1.165) is 5.70 Å². The van der Waals surface area contributed by atoms with E-state index < -0.39 is 0 Å². The van der Waals surface area contributed by atoms with Crippen molar-refractivity contribution in [3.8, 4) is 0 Å². The van der Waals surface area contributed by atoms with Crippen molar-refractivity contribution in [2.24, 2.45) is 0 Å². The summed E-state index contributed by atoms with van der Waals surface area (Å²) in [5.74, 6) is 0. The number of benzene rings is 9. The van der Waals surface area contributed by atoms with E-state index >= 15 is 0 Å². The molecule has 1 N–H and O–H groups in total. The predicted molar refractivity (Wildman–Crippen MR) is 218 cm³/mol. The van der Waals surface area contributed by atoms with Crippen LogP contribution in [-0.4, -0.2) is 4.57 Å². The van der Waals surface area contributed by atoms with Gasteiger partial charge in [0.25, 0.3) is 0 Å². The van der Waals surface area contributed by atoms with Crippen molar-refractivity contribution in [3.05, 3.63) is 193 Å². The smallest absolute Gasteiger partial charge is 0.124 e. The van der Waals surface area contributed by atoms with E-state index in [1.165, 1.54) is 92.4 Å². The minimum atomic E-state index is -0.163. The molecule has 0 fully saturated rings. The fraction of sp³-hybridized carbons (Fsp3) is 0.0204. The number of fused-ring (bicyclic) bond motifs is 13. The summed E-state index contributed by atoms with van der Waals surface area (Å²) in [5, 5.41) is 19.4. The second kappa shape index (κ2) is 10.9. The molecule has 11 rings (SSSR count). The molecule has 238 valence electrons. The van der Waals surface area contributed by atoms with E-state index in [4.69, 9.17) is 0 Å². The molecule has 1 atom stereocenters. The Hall–Kier alpha value is -6.64. The van der Waals surface area contributed by atoms with Gasteiger partial charge in [0.05, 0.1) is 11.0 Å². The van der Waals surface area contributed by atoms with Crippen LogP contribution in [0.25, 0.3) is 86.9 Å². The number of hydrogen-bond acceptors (Lipinski definition) is 1. The lowest BCUT2D eigenvalue weighted by atomic mass is 9.92. The summed E-state index contributed by atoms with van der Waals surface area (Å²) in [4.78, 5) is 0. The van der Waals surface area contributed by atoms with E-state index in [1.54, 1.807) is 0 Å². The molecule has 9 aromatic carbocycles. The summed E-state index contributed by atoms with van der Waals surface area (Å²) in [6.07, 6.45) is 4.59. The first-order valence-electron chi connectivity index (χ1n) is 17.7. The van der Waals surface area contributed by atoms with Gasteiger partial charge in [-0.05, 0) is 78.5 Å². The SMILES string of the molecule is C1=C(c2ccccc2)C=C(c2cc3ccccc3c3ccccc23)NC1n1c2ccccc2c2c3c4ccccc4ccc3c3ccccc3c21. The lowest BCUT2D eigenvalue weighted by Crippen LogP contribution is -2.27. The van der Waals surface area contributed by atoms with Crippen LogP contribution in [0, 0.1) is 0 Å². The third-order valence-corrected chi connectivity index (χ3v) is 10.9. The van der Waals surface area contributed by atoms with Gasteiger partial charge >= 0.3 is 0 Å². The lowest BCUT2D eigenvalue weighted by molar-refractivity contribution is 0.592. The number of nitrogens with zero attached hydrogens (tertiary/aromatic N) is 1. The minimum Gasteiger partial charge on any atom is -0.361 e. The number of dihydropyridines is 1. The summed E-state index contributed by atoms with van der Waals surface area (Å²) < 4.78 is 2.56. The van der Waals surface area contributed by atoms with E-state index in [0.29, 0.717) is 0 Å². The van der Waals surface area contributed by atoms with Crippen molar-refractivity contribution in [2.75, 3.05) is 0 Å². The Labute approximate surface area is 295 Å². The standard InChI is InChI=1S/C49H32N2/c1-2-14-31(15-3-1)34-29-44(43-28-33-17-5-6-18-35(33)37-20-8-9-21-38(37)43)50-46(30-34)51-45-25-13-12-24-42(45)48-47-36-19-7-4-16-32(36)26-27-40(47)39-22-10-11-23-41(39)49(48)51/h1-30,46,50H. The predicted octanol–water partition coefficient (Wildman–Crippen LogP) is 12.8. The Kier molecular flexibility index (Phi) is 6.05. The van der Waals surface area contributed by atoms with Crippen LogP contribution < -0.4 is 5.32 Å². The van der Waals surface area contributed by atoms with Gasteiger partial charge in [-0.2, -0.15) is 0 Å². The quantitative estimate of drug-likeness (QED) is 0.189. The molecule has 0 amide bonds. The molecule has 2 heteroatoms. The molecule has 1 aliphatic rings. The molecule has 0 radical (unpaired) electrons. The maximum Gasteiger partial charge on any atom is 0.124 e. The summed E-state index contributed by atoms with van der Waals surface area (Å²) in [6, 6.07) is 62.1. The summed E-state index contributed by atoms with van der Waals surface area (Å²) in [7, 11) is 0. The first-order chi connectivity index (χ1) is 25.3. The normalized spacial score (nSPS) is 14.9. The molecule has 0 saturated carbocycles. The van der Waals surface area contributed by atoms with Crippen molar-refractivity contribution in [3.63, 3.8) is 0 Å². The highest BCUT2D eigenvalue weighted by Crippen LogP contribution is 2.46. The van der Waals surface area contributed by atoms with Crippen molar-refractivity contribution in [1.29, 1.82) is 0 Å². The zero-order chi connectivity index (χ0) is 33.5. The number of rotatable bonds is 3. The van der Waals surface area contributed by atoms with E-state index in [9.17, 15) is 0 Å². The molecule has 1 aliphatic heterocycles. The summed E-state index contributed by atoms with van der Waals surface area (Å²) in [6.45, 7) is 0. The zero-order valence-corrected chi connectivity index (χ0v) is 27.8. The molecule has 1 aromatic heterocycles. The van der Waals surface area contributed by atoms with Crippen LogP contribution in [0.2, 0.25) is 0 Å². The van der Waals surface area contributed by atoms with Gasteiger partial charge in [0.1, 0.15) is 6.17 Å². The van der Waals surface area contributed by atoms with E-state index in [-0.39, 0.29) is 6.17 Å². The van der Waals surface area contributed by atoms with Crippen LogP contribution >= 0.6 is 0 Å². The van der Waals surface area contributed by atoms with Gasteiger partial charge in [-0.1, -0.05) is 158 Å². The first kappa shape index (κ1) is 28.2. The largest absolute Gasteiger partial charge is 0.361 e. The molecule has 0 saturated heterocycles. The van der Waals surface area contributed by atoms with Crippen molar-refractivity contribution in [1.82, 2.24) is 9.88 Å². The minimum absolute atomic E-state index is 0.163. The van der Waals surface area contributed by atoms with Crippen LogP contribution in [0.4, 0.5) is 0 Å². The Morgan fingerprint density at radius 3 is 1.84 bits per heavy atom. The summed E-state index contributed by atoms with van der Waals surface area (Å²) in [5.41, 5.74) is 7.19. The molecular formula is C49H32N2. The number of hydrogen-bond donors (Lipinski definition) is 1. The molecule has 0 aliphatic carbocycles. The van der Waals surface area contributed by atoms with Gasteiger partial charge in [-0.25, -0.2) is 0 Å². The third kappa shape index (κ3) is 4.17. The highest BCUT2D eigenvalue weighted by Gasteiger charge is 2.26. The third-order valence-electron chi connectivity index (χ3n) is 10.9. The average molecular weight is 649 g/mol. The first-order valence-corrected chi connectivity index (χ1v) is 17.7. The van der Waals surface area contributed by atoms with Crippen molar-refractivity contribution < 1.29 is 0 Å². The Morgan fingerprint density at radius 1 is 0.431 bits per heavy atom. The van der Waals surface area contributed by atoms with Gasteiger partial charge in [0.15, 0.2) is 0 Å². The highest BCUT2D eigenvalue weighted by molar-refractivity contribution is 6.36. The Bertz CT molecular complexity index is 3110. The van der Waals surface area contributed by atoms with Crippen LogP contribution in [0.5, 0.6) is 0 Å². The Morgan fingerprint density at radius 2 is 1.04 bits per heavy atom. The van der Waals surface area contributed by atoms with Crippen LogP contribution in [-0.2, 0) is 0 Å². The van der Waals surface area contributed by atoms with Gasteiger partial charge in [-0.3, -0.25) is 0 Å². The second-order valence-electron chi connectivity index (χ2n) is 13.7. The monoisotopic (exact) mass is 648 g/mol. The molecule has 10 aromatic rings. The molecular weight excluding hydrogens is 617 g/mol. The van der Waals surface area contributed by atoms with E-state index in [1.807, 2.05) is 0 Å². The number of para-hydroxylation sites is 1. The topological polar surface area (TPSA) is 17.0 Å². The van der Waals surface area contributed by atoms with Gasteiger partial charge in [-0.15, -0.1) is 0 Å². The highest BCUT2D eigenvalue weighted by atomic mass is 15.2. The summed E-state index contributed by atoms with van der Waals surface area (Å²) >= 11 is 0. The maximum absolute atomic E-state index is 4.11. The fourth-order valence-electron chi connectivity index (χ4n) is 8.76. The lowest BCUT2D eigenvalue weighted by Gasteiger charge is -2.29. The molecule has 2 heterocycles.